The van der Waals surface area contributed by atoms with Gasteiger partial charge in [-0.1, -0.05) is 31.4 Å². The highest BCUT2D eigenvalue weighted by Crippen LogP contribution is 2.18. The van der Waals surface area contributed by atoms with Gasteiger partial charge in [0.05, 0.1) is 4.92 Å². The van der Waals surface area contributed by atoms with Crippen molar-refractivity contribution in [2.45, 2.75) is 63.6 Å². The van der Waals surface area contributed by atoms with E-state index in [2.05, 4.69) is 15.5 Å². The molecule has 0 spiro atoms. The van der Waals surface area contributed by atoms with Crippen molar-refractivity contribution < 1.29 is 9.72 Å². The Morgan fingerprint density at radius 3 is 2.15 bits per heavy atom. The van der Waals surface area contributed by atoms with E-state index in [1.165, 1.54) is 19.3 Å². The average Bonchev–Trinajstić information content (AvgIpc) is 2.64. The summed E-state index contributed by atoms with van der Waals surface area (Å²) >= 11 is 0. The summed E-state index contributed by atoms with van der Waals surface area (Å²) < 4.78 is 0. The molecule has 142 valence electrons. The van der Waals surface area contributed by atoms with Crippen LogP contribution in [0.3, 0.4) is 0 Å². The Morgan fingerprint density at radius 2 is 1.58 bits per heavy atom. The zero-order valence-electron chi connectivity index (χ0n) is 15.2. The molecule has 26 heavy (non-hydrogen) atoms. The number of hydrogen-bond acceptors (Lipinski definition) is 4. The number of likely N-dealkylation sites (tertiary alicyclic amines) is 1. The molecule has 7 heteroatoms. The fraction of sp³-hybridized carbons (Fsp3) is 0.632. The molecule has 1 aliphatic carbocycles. The SMILES string of the molecule is O=C(NC1CCCCC1)NC1CCN(Cc2ccc([N+](=O)[O-])cc2)CC1. The number of nitrogens with zero attached hydrogens (tertiary/aromatic N) is 2. The van der Waals surface area contributed by atoms with Crippen LogP contribution in [0.5, 0.6) is 0 Å². The number of benzene rings is 1. The lowest BCUT2D eigenvalue weighted by atomic mass is 9.96. The van der Waals surface area contributed by atoms with Crippen LogP contribution in [0, 0.1) is 10.1 Å². The molecular weight excluding hydrogens is 332 g/mol. The molecule has 2 fully saturated rings. The number of nitro groups is 1. The third-order valence-electron chi connectivity index (χ3n) is 5.42. The Hall–Kier alpha value is -2.15. The molecule has 7 nitrogen and oxygen atoms in total. The number of carbonyl (C=O) groups is 1. The van der Waals surface area contributed by atoms with Crippen molar-refractivity contribution in [1.82, 2.24) is 15.5 Å². The van der Waals surface area contributed by atoms with Gasteiger partial charge in [0.2, 0.25) is 0 Å². The number of amides is 2. The van der Waals surface area contributed by atoms with E-state index in [0.29, 0.717) is 6.04 Å². The largest absolute Gasteiger partial charge is 0.335 e. The van der Waals surface area contributed by atoms with E-state index in [1.54, 1.807) is 12.1 Å². The highest BCUT2D eigenvalue weighted by molar-refractivity contribution is 5.74. The van der Waals surface area contributed by atoms with E-state index >= 15 is 0 Å². The molecule has 0 unspecified atom stereocenters. The zero-order chi connectivity index (χ0) is 18.4. The second kappa shape index (κ2) is 8.98. The lowest BCUT2D eigenvalue weighted by Gasteiger charge is -2.33. The molecule has 3 rings (SSSR count). The van der Waals surface area contributed by atoms with Crippen LogP contribution in [0.2, 0.25) is 0 Å². The van der Waals surface area contributed by atoms with E-state index < -0.39 is 0 Å². The second-order valence-electron chi connectivity index (χ2n) is 7.43. The normalized spacial score (nSPS) is 19.8. The maximum absolute atomic E-state index is 12.1. The summed E-state index contributed by atoms with van der Waals surface area (Å²) in [5.41, 5.74) is 1.21. The fourth-order valence-corrected chi connectivity index (χ4v) is 3.88. The van der Waals surface area contributed by atoms with Crippen molar-refractivity contribution >= 4 is 11.7 Å². The van der Waals surface area contributed by atoms with Crippen LogP contribution >= 0.6 is 0 Å². The molecule has 0 radical (unpaired) electrons. The highest BCUT2D eigenvalue weighted by atomic mass is 16.6. The van der Waals surface area contributed by atoms with Crippen molar-refractivity contribution in [3.05, 3.63) is 39.9 Å². The maximum atomic E-state index is 12.1. The van der Waals surface area contributed by atoms with Crippen LogP contribution in [0.15, 0.2) is 24.3 Å². The van der Waals surface area contributed by atoms with Gasteiger partial charge in [0.25, 0.3) is 5.69 Å². The van der Waals surface area contributed by atoms with Crippen LogP contribution in [0.25, 0.3) is 0 Å². The molecule has 0 bridgehead atoms. The van der Waals surface area contributed by atoms with Crippen molar-refractivity contribution in [2.75, 3.05) is 13.1 Å². The first kappa shape index (κ1) is 18.6. The minimum atomic E-state index is -0.376. The molecule has 1 aromatic rings. The first-order valence-corrected chi connectivity index (χ1v) is 9.63. The summed E-state index contributed by atoms with van der Waals surface area (Å²) in [6, 6.07) is 7.29. The van der Waals surface area contributed by atoms with Gasteiger partial charge in [-0.15, -0.1) is 0 Å². The van der Waals surface area contributed by atoms with Gasteiger partial charge in [0.1, 0.15) is 0 Å². The molecule has 1 saturated carbocycles. The molecule has 0 atom stereocenters. The predicted molar refractivity (Wildman–Crippen MR) is 99.9 cm³/mol. The van der Waals surface area contributed by atoms with Crippen LogP contribution in [-0.4, -0.2) is 41.0 Å². The number of piperidine rings is 1. The lowest BCUT2D eigenvalue weighted by molar-refractivity contribution is -0.384. The first-order valence-electron chi connectivity index (χ1n) is 9.63. The van der Waals surface area contributed by atoms with Crippen molar-refractivity contribution in [1.29, 1.82) is 0 Å². The van der Waals surface area contributed by atoms with Crippen LogP contribution < -0.4 is 10.6 Å². The molecule has 1 saturated heterocycles. The number of carbonyl (C=O) groups excluding carboxylic acids is 1. The van der Waals surface area contributed by atoms with Gasteiger partial charge in [0, 0.05) is 43.9 Å². The molecule has 1 aromatic carbocycles. The number of hydrogen-bond donors (Lipinski definition) is 2. The molecule has 2 aliphatic rings. The zero-order valence-corrected chi connectivity index (χ0v) is 15.2. The van der Waals surface area contributed by atoms with E-state index in [0.717, 1.165) is 50.9 Å². The van der Waals surface area contributed by atoms with Gasteiger partial charge >= 0.3 is 6.03 Å². The van der Waals surface area contributed by atoms with E-state index in [-0.39, 0.29) is 22.7 Å². The molecule has 2 N–H and O–H groups in total. The Bertz CT molecular complexity index is 606. The third kappa shape index (κ3) is 5.42. The van der Waals surface area contributed by atoms with Crippen LogP contribution in [0.1, 0.15) is 50.5 Å². The quantitative estimate of drug-likeness (QED) is 0.623. The van der Waals surface area contributed by atoms with E-state index in [9.17, 15) is 14.9 Å². The standard InChI is InChI=1S/C19H28N4O3/c24-19(20-16-4-2-1-3-5-16)21-17-10-12-22(13-11-17)14-15-6-8-18(9-7-15)23(25)26/h6-9,16-17H,1-5,10-14H2,(H2,20,21,24). The summed E-state index contributed by atoms with van der Waals surface area (Å²) in [4.78, 5) is 24.8. The Balaban J connectivity index is 1.38. The fourth-order valence-electron chi connectivity index (χ4n) is 3.88. The Kier molecular flexibility index (Phi) is 6.44. The van der Waals surface area contributed by atoms with Gasteiger partial charge in [-0.3, -0.25) is 15.0 Å². The molecule has 0 aromatic heterocycles. The van der Waals surface area contributed by atoms with Gasteiger partial charge in [0.15, 0.2) is 0 Å². The van der Waals surface area contributed by atoms with Crippen molar-refractivity contribution in [2.24, 2.45) is 0 Å². The maximum Gasteiger partial charge on any atom is 0.315 e. The number of urea groups is 1. The van der Waals surface area contributed by atoms with Crippen LogP contribution in [-0.2, 0) is 6.54 Å². The third-order valence-corrected chi connectivity index (χ3v) is 5.42. The lowest BCUT2D eigenvalue weighted by Crippen LogP contribution is -2.50. The first-order chi connectivity index (χ1) is 12.6. The summed E-state index contributed by atoms with van der Waals surface area (Å²) in [6.45, 7) is 2.63. The number of rotatable bonds is 5. The van der Waals surface area contributed by atoms with Crippen molar-refractivity contribution in [3.8, 4) is 0 Å². The van der Waals surface area contributed by atoms with Gasteiger partial charge in [-0.25, -0.2) is 4.79 Å². The average molecular weight is 360 g/mol. The number of nitrogens with one attached hydrogen (secondary N) is 2. The monoisotopic (exact) mass is 360 g/mol. The summed E-state index contributed by atoms with van der Waals surface area (Å²) in [5.74, 6) is 0. The summed E-state index contributed by atoms with van der Waals surface area (Å²) in [7, 11) is 0. The minimum Gasteiger partial charge on any atom is -0.335 e. The second-order valence-corrected chi connectivity index (χ2v) is 7.43. The van der Waals surface area contributed by atoms with Gasteiger partial charge < -0.3 is 10.6 Å². The van der Waals surface area contributed by atoms with Crippen LogP contribution in [0.4, 0.5) is 10.5 Å². The van der Waals surface area contributed by atoms with Gasteiger partial charge in [-0.05, 0) is 31.2 Å². The number of non-ortho nitro benzene ring substituents is 1. The highest BCUT2D eigenvalue weighted by Gasteiger charge is 2.22. The Labute approximate surface area is 154 Å². The molecule has 1 aliphatic heterocycles. The summed E-state index contributed by atoms with van der Waals surface area (Å²) in [5, 5.41) is 16.9. The van der Waals surface area contributed by atoms with E-state index in [4.69, 9.17) is 0 Å². The summed E-state index contributed by atoms with van der Waals surface area (Å²) in [6.07, 6.45) is 7.78. The molecule has 2 amide bonds. The van der Waals surface area contributed by atoms with Crippen molar-refractivity contribution in [3.63, 3.8) is 0 Å². The minimum absolute atomic E-state index is 0.0225. The number of nitro benzene ring substituents is 1. The molecule has 1 heterocycles. The Morgan fingerprint density at radius 1 is 1.00 bits per heavy atom. The van der Waals surface area contributed by atoms with Gasteiger partial charge in [-0.2, -0.15) is 0 Å². The predicted octanol–water partition coefficient (Wildman–Crippen LogP) is 3.19. The topological polar surface area (TPSA) is 87.5 Å². The van der Waals surface area contributed by atoms with E-state index in [1.807, 2.05) is 12.1 Å². The molecular formula is C19H28N4O3. The smallest absolute Gasteiger partial charge is 0.315 e.